The number of benzene rings is 2. The molecular weight excluding hydrogens is 388 g/mol. The van der Waals surface area contributed by atoms with E-state index >= 15 is 0 Å². The van der Waals surface area contributed by atoms with Crippen molar-refractivity contribution in [3.05, 3.63) is 71.4 Å². The van der Waals surface area contributed by atoms with Gasteiger partial charge in [0.05, 0.1) is 25.5 Å². The molecule has 2 amide bonds. The first kappa shape index (κ1) is 20.6. The third-order valence-electron chi connectivity index (χ3n) is 4.22. The Morgan fingerprint density at radius 1 is 0.900 bits per heavy atom. The SMILES string of the molecule is COC(=O)c1ccccc1NC(=O)c1ccc(NC(=O)c2cn(C)nc2OC)cc1. The van der Waals surface area contributed by atoms with Crippen molar-refractivity contribution in [2.45, 2.75) is 0 Å². The lowest BCUT2D eigenvalue weighted by atomic mass is 10.1. The van der Waals surface area contributed by atoms with E-state index in [1.54, 1.807) is 61.8 Å². The van der Waals surface area contributed by atoms with Gasteiger partial charge in [0.2, 0.25) is 5.88 Å². The van der Waals surface area contributed by atoms with Gasteiger partial charge >= 0.3 is 5.97 Å². The number of hydrogen-bond acceptors (Lipinski definition) is 6. The molecule has 0 spiro atoms. The van der Waals surface area contributed by atoms with E-state index in [-0.39, 0.29) is 17.4 Å². The summed E-state index contributed by atoms with van der Waals surface area (Å²) in [6, 6.07) is 12.9. The first-order valence-electron chi connectivity index (χ1n) is 8.90. The third-order valence-corrected chi connectivity index (χ3v) is 4.22. The van der Waals surface area contributed by atoms with Crippen LogP contribution >= 0.6 is 0 Å². The van der Waals surface area contributed by atoms with E-state index in [9.17, 15) is 14.4 Å². The Bertz CT molecular complexity index is 1090. The summed E-state index contributed by atoms with van der Waals surface area (Å²) in [6.45, 7) is 0. The summed E-state index contributed by atoms with van der Waals surface area (Å²) in [4.78, 5) is 36.8. The van der Waals surface area contributed by atoms with Crippen molar-refractivity contribution in [1.29, 1.82) is 0 Å². The number of nitrogens with zero attached hydrogens (tertiary/aromatic N) is 2. The number of rotatable bonds is 6. The summed E-state index contributed by atoms with van der Waals surface area (Å²) in [5.74, 6) is -1.12. The molecule has 1 heterocycles. The van der Waals surface area contributed by atoms with Crippen molar-refractivity contribution in [1.82, 2.24) is 9.78 Å². The largest absolute Gasteiger partial charge is 0.479 e. The number of esters is 1. The molecule has 154 valence electrons. The Morgan fingerprint density at radius 2 is 1.60 bits per heavy atom. The minimum atomic E-state index is -0.546. The zero-order valence-electron chi connectivity index (χ0n) is 16.6. The highest BCUT2D eigenvalue weighted by Crippen LogP contribution is 2.20. The molecule has 3 rings (SSSR count). The standard InChI is InChI=1S/C21H20N4O5/c1-25-12-16(20(24-25)29-2)19(27)22-14-10-8-13(9-11-14)18(26)23-17-7-5-4-6-15(17)21(28)30-3/h4-12H,1-3H3,(H,22,27)(H,23,26). The van der Waals surface area contributed by atoms with E-state index in [0.717, 1.165) is 0 Å². The van der Waals surface area contributed by atoms with Gasteiger partial charge in [0, 0.05) is 24.5 Å². The molecule has 0 aliphatic heterocycles. The first-order chi connectivity index (χ1) is 14.4. The molecule has 0 saturated carbocycles. The van der Waals surface area contributed by atoms with Gasteiger partial charge in [0.1, 0.15) is 5.56 Å². The van der Waals surface area contributed by atoms with E-state index in [4.69, 9.17) is 9.47 Å². The average Bonchev–Trinajstić information content (AvgIpc) is 3.15. The first-order valence-corrected chi connectivity index (χ1v) is 8.90. The molecule has 9 nitrogen and oxygen atoms in total. The molecule has 0 bridgehead atoms. The number of para-hydroxylation sites is 1. The molecule has 9 heteroatoms. The summed E-state index contributed by atoms with van der Waals surface area (Å²) in [5.41, 5.74) is 1.74. The molecule has 2 N–H and O–H groups in total. The van der Waals surface area contributed by atoms with Crippen LogP contribution in [0.1, 0.15) is 31.1 Å². The lowest BCUT2D eigenvalue weighted by Gasteiger charge is -2.10. The van der Waals surface area contributed by atoms with E-state index in [1.807, 2.05) is 0 Å². The molecule has 0 atom stereocenters. The fourth-order valence-corrected chi connectivity index (χ4v) is 2.75. The molecular formula is C21H20N4O5. The number of hydrogen-bond donors (Lipinski definition) is 2. The zero-order valence-corrected chi connectivity index (χ0v) is 16.6. The maximum atomic E-state index is 12.5. The van der Waals surface area contributed by atoms with Crippen LogP contribution in [0.3, 0.4) is 0 Å². The maximum absolute atomic E-state index is 12.5. The fourth-order valence-electron chi connectivity index (χ4n) is 2.75. The molecule has 2 aromatic carbocycles. The number of nitrogens with one attached hydrogen (secondary N) is 2. The lowest BCUT2D eigenvalue weighted by molar-refractivity contribution is 0.0601. The quantitative estimate of drug-likeness (QED) is 0.607. The molecule has 3 aromatic rings. The van der Waals surface area contributed by atoms with Crippen molar-refractivity contribution >= 4 is 29.2 Å². The van der Waals surface area contributed by atoms with Crippen LogP contribution in [-0.2, 0) is 11.8 Å². The summed E-state index contributed by atoms with van der Waals surface area (Å²) >= 11 is 0. The average molecular weight is 408 g/mol. The molecule has 0 radical (unpaired) electrons. The summed E-state index contributed by atoms with van der Waals surface area (Å²) < 4.78 is 11.3. The van der Waals surface area contributed by atoms with Gasteiger partial charge in [-0.1, -0.05) is 12.1 Å². The van der Waals surface area contributed by atoms with Gasteiger partial charge in [-0.25, -0.2) is 4.79 Å². The van der Waals surface area contributed by atoms with Crippen molar-refractivity contribution in [2.24, 2.45) is 7.05 Å². The summed E-state index contributed by atoms with van der Waals surface area (Å²) in [6.07, 6.45) is 1.55. The van der Waals surface area contributed by atoms with Crippen LogP contribution in [0, 0.1) is 0 Å². The van der Waals surface area contributed by atoms with Crippen LogP contribution < -0.4 is 15.4 Å². The molecule has 30 heavy (non-hydrogen) atoms. The van der Waals surface area contributed by atoms with Crippen LogP contribution in [0.25, 0.3) is 0 Å². The van der Waals surface area contributed by atoms with Gasteiger partial charge in [0.15, 0.2) is 0 Å². The molecule has 1 aromatic heterocycles. The highest BCUT2D eigenvalue weighted by atomic mass is 16.5. The Labute approximate surface area is 172 Å². The number of aryl methyl sites for hydroxylation is 1. The van der Waals surface area contributed by atoms with Crippen LogP contribution in [0.2, 0.25) is 0 Å². The molecule has 0 saturated heterocycles. The van der Waals surface area contributed by atoms with Crippen LogP contribution in [0.5, 0.6) is 5.88 Å². The smallest absolute Gasteiger partial charge is 0.339 e. The van der Waals surface area contributed by atoms with Crippen molar-refractivity contribution in [2.75, 3.05) is 24.9 Å². The van der Waals surface area contributed by atoms with E-state index < -0.39 is 11.9 Å². The zero-order chi connectivity index (χ0) is 21.7. The number of amides is 2. The van der Waals surface area contributed by atoms with Gasteiger partial charge in [-0.3, -0.25) is 14.3 Å². The van der Waals surface area contributed by atoms with E-state index in [2.05, 4.69) is 15.7 Å². The number of carbonyl (C=O) groups is 3. The second-order valence-corrected chi connectivity index (χ2v) is 6.25. The Balaban J connectivity index is 1.71. The predicted molar refractivity (Wildman–Crippen MR) is 110 cm³/mol. The Morgan fingerprint density at radius 3 is 2.27 bits per heavy atom. The van der Waals surface area contributed by atoms with Gasteiger partial charge in [-0.05, 0) is 36.4 Å². The number of ether oxygens (including phenoxy) is 2. The summed E-state index contributed by atoms with van der Waals surface area (Å²) in [7, 11) is 4.39. The second-order valence-electron chi connectivity index (χ2n) is 6.25. The van der Waals surface area contributed by atoms with Crippen LogP contribution in [-0.4, -0.2) is 41.8 Å². The lowest BCUT2D eigenvalue weighted by Crippen LogP contribution is -2.16. The molecule has 0 aliphatic carbocycles. The highest BCUT2D eigenvalue weighted by Gasteiger charge is 2.17. The normalized spacial score (nSPS) is 10.2. The molecule has 0 aliphatic rings. The Hall–Kier alpha value is -4.14. The minimum absolute atomic E-state index is 0.218. The highest BCUT2D eigenvalue weighted by molar-refractivity contribution is 6.09. The predicted octanol–water partition coefficient (Wildman–Crippen LogP) is 2.72. The third kappa shape index (κ3) is 4.46. The number of methoxy groups -OCH3 is 2. The maximum Gasteiger partial charge on any atom is 0.339 e. The van der Waals surface area contributed by atoms with Gasteiger partial charge < -0.3 is 20.1 Å². The summed E-state index contributed by atoms with van der Waals surface area (Å²) in [5, 5.41) is 9.46. The second kappa shape index (κ2) is 8.91. The van der Waals surface area contributed by atoms with Crippen LogP contribution in [0.4, 0.5) is 11.4 Å². The topological polar surface area (TPSA) is 112 Å². The molecule has 0 unspecified atom stereocenters. The number of aromatic nitrogens is 2. The van der Waals surface area contributed by atoms with E-state index in [0.29, 0.717) is 22.5 Å². The number of carbonyl (C=O) groups excluding carboxylic acids is 3. The van der Waals surface area contributed by atoms with Gasteiger partial charge in [-0.2, -0.15) is 0 Å². The fraction of sp³-hybridized carbons (Fsp3) is 0.143. The van der Waals surface area contributed by atoms with Crippen molar-refractivity contribution < 1.29 is 23.9 Å². The van der Waals surface area contributed by atoms with Crippen molar-refractivity contribution in [3.63, 3.8) is 0 Å². The van der Waals surface area contributed by atoms with Crippen molar-refractivity contribution in [3.8, 4) is 5.88 Å². The Kier molecular flexibility index (Phi) is 6.11. The van der Waals surface area contributed by atoms with E-state index in [1.165, 1.54) is 18.9 Å². The van der Waals surface area contributed by atoms with Crippen LogP contribution in [0.15, 0.2) is 54.7 Å². The van der Waals surface area contributed by atoms with Gasteiger partial charge in [0.25, 0.3) is 11.8 Å². The number of anilines is 2. The minimum Gasteiger partial charge on any atom is -0.479 e. The van der Waals surface area contributed by atoms with Gasteiger partial charge in [-0.15, -0.1) is 5.10 Å². The monoisotopic (exact) mass is 408 g/mol. The molecule has 0 fully saturated rings.